The van der Waals surface area contributed by atoms with Crippen molar-refractivity contribution in [2.75, 3.05) is 4.90 Å². The van der Waals surface area contributed by atoms with Gasteiger partial charge >= 0.3 is 6.03 Å². The molecule has 0 spiro atoms. The molecule has 0 radical (unpaired) electrons. The minimum atomic E-state index is -0.502. The predicted octanol–water partition coefficient (Wildman–Crippen LogP) is 4.92. The lowest BCUT2D eigenvalue weighted by Crippen LogP contribution is -2.52. The topological polar surface area (TPSA) is 78.6 Å². The Morgan fingerprint density at radius 3 is 2.26 bits per heavy atom. The molecule has 146 valence electrons. The van der Waals surface area contributed by atoms with Crippen molar-refractivity contribution in [3.05, 3.63) is 60.2 Å². The van der Waals surface area contributed by atoms with Crippen molar-refractivity contribution in [1.82, 2.24) is 5.32 Å². The van der Waals surface area contributed by atoms with Gasteiger partial charge < -0.3 is 10.8 Å². The zero-order valence-electron chi connectivity index (χ0n) is 16.3. The number of nitrogens with two attached hydrogens (primary N) is 1. The van der Waals surface area contributed by atoms with Crippen molar-refractivity contribution in [3.8, 4) is 5.75 Å². The number of anilines is 1. The SMILES string of the molecule is CCCCC(NC(CCC)c1ccccc1)N(C(N)=O)c1ccc(O)cc1. The van der Waals surface area contributed by atoms with Crippen LogP contribution in [-0.2, 0) is 0 Å². The van der Waals surface area contributed by atoms with Gasteiger partial charge in [-0.15, -0.1) is 0 Å². The summed E-state index contributed by atoms with van der Waals surface area (Å²) in [5.41, 5.74) is 7.63. The number of aromatic hydroxyl groups is 1. The number of benzene rings is 2. The quantitative estimate of drug-likeness (QED) is 0.520. The Hall–Kier alpha value is -2.53. The number of phenolic OH excluding ortho intramolecular Hbond substituents is 1. The van der Waals surface area contributed by atoms with Crippen LogP contribution >= 0.6 is 0 Å². The first-order chi connectivity index (χ1) is 13.1. The third-order valence-corrected chi connectivity index (χ3v) is 4.68. The summed E-state index contributed by atoms with van der Waals surface area (Å²) >= 11 is 0. The number of rotatable bonds is 10. The van der Waals surface area contributed by atoms with Gasteiger partial charge in [0, 0.05) is 11.7 Å². The van der Waals surface area contributed by atoms with E-state index in [1.165, 1.54) is 5.56 Å². The van der Waals surface area contributed by atoms with E-state index in [2.05, 4.69) is 31.3 Å². The Balaban J connectivity index is 2.32. The first kappa shape index (κ1) is 20.8. The molecule has 0 aliphatic carbocycles. The molecular formula is C22H31N3O2. The number of urea groups is 1. The summed E-state index contributed by atoms with van der Waals surface area (Å²) in [5, 5.41) is 13.2. The van der Waals surface area contributed by atoms with Crippen LogP contribution in [0.3, 0.4) is 0 Å². The number of nitrogens with one attached hydrogen (secondary N) is 1. The molecule has 5 nitrogen and oxygen atoms in total. The number of amides is 2. The van der Waals surface area contributed by atoms with Gasteiger partial charge in [-0.3, -0.25) is 10.2 Å². The minimum Gasteiger partial charge on any atom is -0.508 e. The van der Waals surface area contributed by atoms with E-state index in [4.69, 9.17) is 5.73 Å². The third-order valence-electron chi connectivity index (χ3n) is 4.68. The highest BCUT2D eigenvalue weighted by molar-refractivity contribution is 5.91. The number of carbonyl (C=O) groups excluding carboxylic acids is 1. The number of nitrogens with zero attached hydrogens (tertiary/aromatic N) is 1. The molecule has 2 atom stereocenters. The van der Waals surface area contributed by atoms with E-state index in [1.54, 1.807) is 29.2 Å². The lowest BCUT2D eigenvalue weighted by atomic mass is 10.0. The Morgan fingerprint density at radius 2 is 1.70 bits per heavy atom. The van der Waals surface area contributed by atoms with Crippen LogP contribution < -0.4 is 16.0 Å². The third kappa shape index (κ3) is 6.00. The van der Waals surface area contributed by atoms with E-state index < -0.39 is 6.03 Å². The summed E-state index contributed by atoms with van der Waals surface area (Å²) in [5.74, 6) is 0.161. The molecule has 4 N–H and O–H groups in total. The first-order valence-electron chi connectivity index (χ1n) is 9.75. The summed E-state index contributed by atoms with van der Waals surface area (Å²) < 4.78 is 0. The molecule has 2 aromatic carbocycles. The number of hydrogen-bond acceptors (Lipinski definition) is 3. The molecule has 0 aliphatic heterocycles. The van der Waals surface area contributed by atoms with Crippen molar-refractivity contribution >= 4 is 11.7 Å². The van der Waals surface area contributed by atoms with Crippen LogP contribution in [0.25, 0.3) is 0 Å². The first-order valence-corrected chi connectivity index (χ1v) is 9.75. The molecule has 2 aromatic rings. The average molecular weight is 370 g/mol. The molecule has 0 fully saturated rings. The van der Waals surface area contributed by atoms with Gasteiger partial charge in [-0.25, -0.2) is 4.79 Å². The van der Waals surface area contributed by atoms with Crippen LogP contribution in [0, 0.1) is 0 Å². The molecule has 27 heavy (non-hydrogen) atoms. The Kier molecular flexibility index (Phi) is 8.14. The zero-order chi connectivity index (χ0) is 19.6. The normalized spacial score (nSPS) is 13.1. The van der Waals surface area contributed by atoms with Crippen LogP contribution in [0.2, 0.25) is 0 Å². The number of hydrogen-bond donors (Lipinski definition) is 3. The van der Waals surface area contributed by atoms with Crippen LogP contribution in [-0.4, -0.2) is 17.3 Å². The van der Waals surface area contributed by atoms with E-state index in [1.807, 2.05) is 18.2 Å². The summed E-state index contributed by atoms with van der Waals surface area (Å²) in [6, 6.07) is 16.5. The highest BCUT2D eigenvalue weighted by atomic mass is 16.3. The monoisotopic (exact) mass is 369 g/mol. The van der Waals surface area contributed by atoms with E-state index in [0.29, 0.717) is 5.69 Å². The minimum absolute atomic E-state index is 0.136. The fourth-order valence-corrected chi connectivity index (χ4v) is 3.31. The molecule has 0 heterocycles. The Morgan fingerprint density at radius 1 is 1.04 bits per heavy atom. The van der Waals surface area contributed by atoms with Crippen LogP contribution in [0.5, 0.6) is 5.75 Å². The molecule has 2 unspecified atom stereocenters. The lowest BCUT2D eigenvalue weighted by Gasteiger charge is -2.34. The molecule has 0 aliphatic rings. The van der Waals surface area contributed by atoms with Gasteiger partial charge in [0.2, 0.25) is 0 Å². The van der Waals surface area contributed by atoms with Gasteiger partial charge in [-0.1, -0.05) is 63.4 Å². The lowest BCUT2D eigenvalue weighted by molar-refractivity contribution is 0.247. The van der Waals surface area contributed by atoms with E-state index in [9.17, 15) is 9.90 Å². The fourth-order valence-electron chi connectivity index (χ4n) is 3.31. The van der Waals surface area contributed by atoms with E-state index in [0.717, 1.165) is 32.1 Å². The largest absolute Gasteiger partial charge is 0.508 e. The van der Waals surface area contributed by atoms with Crippen LogP contribution in [0.4, 0.5) is 10.5 Å². The van der Waals surface area contributed by atoms with Gasteiger partial charge in [0.15, 0.2) is 0 Å². The fraction of sp³-hybridized carbons (Fsp3) is 0.409. The van der Waals surface area contributed by atoms with Gasteiger partial charge in [0.05, 0.1) is 6.17 Å². The standard InChI is InChI=1S/C22H31N3O2/c1-3-5-12-21(24-20(9-4-2)17-10-7-6-8-11-17)25(22(23)27)18-13-15-19(26)16-14-18/h6-8,10-11,13-16,20-21,24,26H,3-5,9,12H2,1-2H3,(H2,23,27). The molecule has 5 heteroatoms. The molecular weight excluding hydrogens is 338 g/mol. The van der Waals surface area contributed by atoms with Gasteiger partial charge in [0.1, 0.15) is 5.75 Å². The molecule has 0 bridgehead atoms. The molecule has 2 rings (SSSR count). The smallest absolute Gasteiger partial charge is 0.320 e. The molecule has 2 amide bonds. The second-order valence-corrected chi connectivity index (χ2v) is 6.80. The predicted molar refractivity (Wildman–Crippen MR) is 111 cm³/mol. The number of phenols is 1. The maximum absolute atomic E-state index is 12.3. The number of unbranched alkanes of at least 4 members (excludes halogenated alkanes) is 1. The summed E-state index contributed by atoms with van der Waals surface area (Å²) in [6.07, 6.45) is 4.59. The molecule has 0 aromatic heterocycles. The van der Waals surface area contributed by atoms with Crippen molar-refractivity contribution in [2.24, 2.45) is 5.73 Å². The Labute approximate surface area is 162 Å². The zero-order valence-corrected chi connectivity index (χ0v) is 16.3. The molecule has 0 saturated heterocycles. The van der Waals surface area contributed by atoms with Crippen LogP contribution in [0.1, 0.15) is 57.6 Å². The Bertz CT molecular complexity index is 688. The number of carbonyl (C=O) groups is 1. The van der Waals surface area contributed by atoms with Crippen molar-refractivity contribution < 1.29 is 9.90 Å². The van der Waals surface area contributed by atoms with Crippen molar-refractivity contribution in [3.63, 3.8) is 0 Å². The van der Waals surface area contributed by atoms with Gasteiger partial charge in [0.25, 0.3) is 0 Å². The highest BCUT2D eigenvalue weighted by Crippen LogP contribution is 2.25. The van der Waals surface area contributed by atoms with Gasteiger partial charge in [-0.2, -0.15) is 0 Å². The van der Waals surface area contributed by atoms with Crippen LogP contribution in [0.15, 0.2) is 54.6 Å². The summed E-state index contributed by atoms with van der Waals surface area (Å²) in [4.78, 5) is 13.9. The molecule has 0 saturated carbocycles. The second kappa shape index (κ2) is 10.6. The average Bonchev–Trinajstić information content (AvgIpc) is 2.67. The van der Waals surface area contributed by atoms with Gasteiger partial charge in [-0.05, 0) is 42.7 Å². The number of primary amides is 1. The van der Waals surface area contributed by atoms with Crippen molar-refractivity contribution in [1.29, 1.82) is 0 Å². The highest BCUT2D eigenvalue weighted by Gasteiger charge is 2.26. The summed E-state index contributed by atoms with van der Waals surface area (Å²) in [6.45, 7) is 4.29. The maximum Gasteiger partial charge on any atom is 0.320 e. The summed E-state index contributed by atoms with van der Waals surface area (Å²) in [7, 11) is 0. The maximum atomic E-state index is 12.3. The van der Waals surface area contributed by atoms with Crippen molar-refractivity contribution in [2.45, 2.75) is 58.2 Å². The van der Waals surface area contributed by atoms with E-state index >= 15 is 0 Å². The second-order valence-electron chi connectivity index (χ2n) is 6.80. The van der Waals surface area contributed by atoms with E-state index in [-0.39, 0.29) is 18.0 Å².